The highest BCUT2D eigenvalue weighted by atomic mass is 32.1. The summed E-state index contributed by atoms with van der Waals surface area (Å²) in [7, 11) is 0. The van der Waals surface area contributed by atoms with Crippen molar-refractivity contribution in [1.29, 1.82) is 0 Å². The molecule has 0 spiro atoms. The van der Waals surface area contributed by atoms with Crippen LogP contribution >= 0.6 is 11.3 Å². The third-order valence-electron chi connectivity index (χ3n) is 0.863. The van der Waals surface area contributed by atoms with Crippen LogP contribution in [-0.4, -0.2) is 16.9 Å². The predicted octanol–water partition coefficient (Wildman–Crippen LogP) is -0.0363. The Kier molecular flexibility index (Phi) is 1.65. The van der Waals surface area contributed by atoms with Crippen LogP contribution in [0.2, 0.25) is 6.82 Å². The Morgan fingerprint density at radius 1 is 1.88 bits per heavy atom. The quantitative estimate of drug-likeness (QED) is 0.537. The molecule has 0 saturated carbocycles. The molecule has 1 aromatic rings. The largest absolute Gasteiger partial charge is 0.446 e. The Bertz CT molecular complexity index is 151. The van der Waals surface area contributed by atoms with Crippen molar-refractivity contribution in [3.05, 3.63) is 11.7 Å². The second-order valence-electron chi connectivity index (χ2n) is 1.58. The second-order valence-corrected chi connectivity index (χ2v) is 2.50. The first-order valence-electron chi connectivity index (χ1n) is 2.37. The van der Waals surface area contributed by atoms with Gasteiger partial charge in [-0.3, -0.25) is 4.98 Å². The van der Waals surface area contributed by atoms with Gasteiger partial charge in [0.05, 0.1) is 5.51 Å². The van der Waals surface area contributed by atoms with Gasteiger partial charge in [-0.1, -0.05) is 6.82 Å². The topological polar surface area (TPSA) is 33.1 Å². The van der Waals surface area contributed by atoms with E-state index in [2.05, 4.69) is 4.98 Å². The third-order valence-corrected chi connectivity index (χ3v) is 1.81. The molecule has 0 aliphatic rings. The number of hydrogen-bond donors (Lipinski definition) is 1. The maximum Gasteiger partial charge on any atom is 0.332 e. The fourth-order valence-corrected chi connectivity index (χ4v) is 0.994. The lowest BCUT2D eigenvalue weighted by Crippen LogP contribution is -2.22. The standard InChI is InChI=1S/C4H6BNOS/c1-5(7)4-2-6-3-8-4/h2-3,7H,1H3. The van der Waals surface area contributed by atoms with Gasteiger partial charge in [0, 0.05) is 11.0 Å². The molecule has 4 heteroatoms. The highest BCUT2D eigenvalue weighted by Gasteiger charge is 2.05. The fraction of sp³-hybridized carbons (Fsp3) is 0.250. The van der Waals surface area contributed by atoms with Gasteiger partial charge >= 0.3 is 6.92 Å². The van der Waals surface area contributed by atoms with Gasteiger partial charge in [0.1, 0.15) is 0 Å². The summed E-state index contributed by atoms with van der Waals surface area (Å²) in [6.07, 6.45) is 1.68. The third kappa shape index (κ3) is 1.08. The predicted molar refractivity (Wildman–Crippen MR) is 35.6 cm³/mol. The van der Waals surface area contributed by atoms with Crippen molar-refractivity contribution in [3.8, 4) is 0 Å². The average Bonchev–Trinajstić information content (AvgIpc) is 2.12. The molecule has 8 heavy (non-hydrogen) atoms. The van der Waals surface area contributed by atoms with Gasteiger partial charge in [0.2, 0.25) is 0 Å². The van der Waals surface area contributed by atoms with Crippen LogP contribution in [0.1, 0.15) is 0 Å². The SMILES string of the molecule is CB(O)c1cncs1. The molecule has 0 unspecified atom stereocenters. The van der Waals surface area contributed by atoms with E-state index in [0.29, 0.717) is 0 Å². The van der Waals surface area contributed by atoms with E-state index in [0.717, 1.165) is 4.78 Å². The van der Waals surface area contributed by atoms with Crippen LogP contribution in [0.15, 0.2) is 11.7 Å². The first kappa shape index (κ1) is 5.79. The number of aromatic nitrogens is 1. The maximum absolute atomic E-state index is 8.88. The van der Waals surface area contributed by atoms with Crippen molar-refractivity contribution < 1.29 is 5.02 Å². The van der Waals surface area contributed by atoms with Crippen LogP contribution in [0.4, 0.5) is 0 Å². The Morgan fingerprint density at radius 3 is 2.88 bits per heavy atom. The molecule has 1 rings (SSSR count). The molecule has 42 valence electrons. The van der Waals surface area contributed by atoms with Crippen molar-refractivity contribution in [1.82, 2.24) is 4.98 Å². The van der Waals surface area contributed by atoms with Crippen LogP contribution in [0.5, 0.6) is 0 Å². The molecule has 2 nitrogen and oxygen atoms in total. The Labute approximate surface area is 52.3 Å². The highest BCUT2D eigenvalue weighted by molar-refractivity contribution is 7.20. The van der Waals surface area contributed by atoms with Crippen molar-refractivity contribution in [3.63, 3.8) is 0 Å². The van der Waals surface area contributed by atoms with E-state index in [-0.39, 0.29) is 6.92 Å². The Balaban J connectivity index is 2.77. The Hall–Kier alpha value is -0.345. The van der Waals surface area contributed by atoms with Crippen LogP contribution < -0.4 is 4.78 Å². The van der Waals surface area contributed by atoms with Gasteiger partial charge in [-0.2, -0.15) is 0 Å². The zero-order chi connectivity index (χ0) is 5.98. The van der Waals surface area contributed by atoms with Crippen LogP contribution in [0.25, 0.3) is 0 Å². The molecule has 1 heterocycles. The maximum atomic E-state index is 8.88. The van der Waals surface area contributed by atoms with E-state index in [4.69, 9.17) is 5.02 Å². The van der Waals surface area contributed by atoms with Crippen molar-refractivity contribution >= 4 is 23.0 Å². The Morgan fingerprint density at radius 2 is 2.62 bits per heavy atom. The summed E-state index contributed by atoms with van der Waals surface area (Å²) in [6, 6.07) is 0. The minimum absolute atomic E-state index is 0.359. The second kappa shape index (κ2) is 2.28. The smallest absolute Gasteiger partial charge is 0.332 e. The molecule has 0 aromatic carbocycles. The summed E-state index contributed by atoms with van der Waals surface area (Å²) in [6.45, 7) is 1.37. The molecule has 1 N–H and O–H groups in total. The van der Waals surface area contributed by atoms with Crippen molar-refractivity contribution in [2.75, 3.05) is 0 Å². The zero-order valence-electron chi connectivity index (χ0n) is 4.53. The average molecular weight is 127 g/mol. The lowest BCUT2D eigenvalue weighted by Gasteiger charge is -1.87. The first-order valence-corrected chi connectivity index (χ1v) is 3.25. The summed E-state index contributed by atoms with van der Waals surface area (Å²) in [5.41, 5.74) is 1.71. The van der Waals surface area contributed by atoms with Crippen LogP contribution in [0, 0.1) is 0 Å². The minimum atomic E-state index is -0.359. The summed E-state index contributed by atoms with van der Waals surface area (Å²) < 4.78 is 0.921. The molecular formula is C4H6BNOS. The fourth-order valence-electron chi connectivity index (χ4n) is 0.432. The van der Waals surface area contributed by atoms with Gasteiger partial charge < -0.3 is 5.02 Å². The van der Waals surface area contributed by atoms with Gasteiger partial charge in [0.25, 0.3) is 0 Å². The van der Waals surface area contributed by atoms with Crippen LogP contribution in [0.3, 0.4) is 0 Å². The van der Waals surface area contributed by atoms with E-state index >= 15 is 0 Å². The van der Waals surface area contributed by atoms with E-state index in [1.54, 1.807) is 18.5 Å². The van der Waals surface area contributed by atoms with Gasteiger partial charge in [-0.15, -0.1) is 11.3 Å². The van der Waals surface area contributed by atoms with Crippen LogP contribution in [-0.2, 0) is 0 Å². The molecule has 0 bridgehead atoms. The van der Waals surface area contributed by atoms with E-state index in [1.165, 1.54) is 11.3 Å². The molecule has 0 fully saturated rings. The lowest BCUT2D eigenvalue weighted by atomic mass is 9.71. The van der Waals surface area contributed by atoms with Gasteiger partial charge in [-0.25, -0.2) is 0 Å². The van der Waals surface area contributed by atoms with E-state index in [1.807, 2.05) is 0 Å². The lowest BCUT2D eigenvalue weighted by molar-refractivity contribution is 0.595. The molecule has 0 amide bonds. The monoisotopic (exact) mass is 127 g/mol. The minimum Gasteiger partial charge on any atom is -0.446 e. The normalized spacial score (nSPS) is 9.25. The van der Waals surface area contributed by atoms with E-state index in [9.17, 15) is 0 Å². The van der Waals surface area contributed by atoms with Gasteiger partial charge in [0.15, 0.2) is 0 Å². The molecule has 0 atom stereocenters. The number of rotatable bonds is 1. The zero-order valence-corrected chi connectivity index (χ0v) is 5.35. The number of nitrogens with zero attached hydrogens (tertiary/aromatic N) is 1. The summed E-state index contributed by atoms with van der Waals surface area (Å²) in [4.78, 5) is 3.80. The first-order chi connectivity index (χ1) is 3.80. The van der Waals surface area contributed by atoms with Crippen molar-refractivity contribution in [2.45, 2.75) is 6.82 Å². The highest BCUT2D eigenvalue weighted by Crippen LogP contribution is 1.89. The molecule has 0 aliphatic heterocycles. The summed E-state index contributed by atoms with van der Waals surface area (Å²) in [5, 5.41) is 8.88. The summed E-state index contributed by atoms with van der Waals surface area (Å²) >= 11 is 1.47. The molecular weight excluding hydrogens is 121 g/mol. The molecule has 1 aromatic heterocycles. The molecule has 0 saturated heterocycles. The number of hydrogen-bond acceptors (Lipinski definition) is 3. The van der Waals surface area contributed by atoms with E-state index < -0.39 is 0 Å². The van der Waals surface area contributed by atoms with Gasteiger partial charge in [-0.05, 0) is 0 Å². The van der Waals surface area contributed by atoms with Crippen molar-refractivity contribution in [2.24, 2.45) is 0 Å². The number of thiazole rings is 1. The molecule has 0 radical (unpaired) electrons. The summed E-state index contributed by atoms with van der Waals surface area (Å²) in [5.74, 6) is 0. The molecule has 0 aliphatic carbocycles.